The Morgan fingerprint density at radius 3 is 2.38 bits per heavy atom. The van der Waals surface area contributed by atoms with Crippen LogP contribution in [-0.2, 0) is 6.54 Å². The zero-order chi connectivity index (χ0) is 15.4. The highest BCUT2D eigenvalue weighted by molar-refractivity contribution is 5.97. The molecule has 3 N–H and O–H groups in total. The molecule has 0 aliphatic heterocycles. The van der Waals surface area contributed by atoms with E-state index in [9.17, 15) is 15.0 Å². The van der Waals surface area contributed by atoms with Gasteiger partial charge in [-0.1, -0.05) is 44.2 Å². The van der Waals surface area contributed by atoms with Crippen LogP contribution < -0.4 is 5.32 Å². The molecule has 4 heteroatoms. The summed E-state index contributed by atoms with van der Waals surface area (Å²) in [6, 6.07) is 12.3. The number of carbonyl (C=O) groups excluding carboxylic acids is 1. The van der Waals surface area contributed by atoms with Crippen molar-refractivity contribution >= 4 is 5.91 Å². The maximum absolute atomic E-state index is 12.2. The van der Waals surface area contributed by atoms with Crippen molar-refractivity contribution in [1.82, 2.24) is 5.32 Å². The molecule has 0 fully saturated rings. The molecule has 4 nitrogen and oxygen atoms in total. The van der Waals surface area contributed by atoms with E-state index in [1.54, 1.807) is 0 Å². The number of phenols is 2. The lowest BCUT2D eigenvalue weighted by Crippen LogP contribution is -2.23. The first kappa shape index (κ1) is 14.9. The molecule has 110 valence electrons. The van der Waals surface area contributed by atoms with Gasteiger partial charge in [-0.2, -0.15) is 0 Å². The minimum atomic E-state index is -0.363. The van der Waals surface area contributed by atoms with E-state index in [2.05, 4.69) is 5.32 Å². The topological polar surface area (TPSA) is 69.6 Å². The van der Waals surface area contributed by atoms with Gasteiger partial charge in [-0.25, -0.2) is 0 Å². The van der Waals surface area contributed by atoms with Crippen molar-refractivity contribution in [2.45, 2.75) is 26.3 Å². The Hall–Kier alpha value is -2.49. The lowest BCUT2D eigenvalue weighted by Gasteiger charge is -2.13. The summed E-state index contributed by atoms with van der Waals surface area (Å²) < 4.78 is 0. The summed E-state index contributed by atoms with van der Waals surface area (Å²) in [6.07, 6.45) is 0. The number of phenolic OH excluding ortho intramolecular Hbond substituents is 2. The molecule has 0 aliphatic rings. The van der Waals surface area contributed by atoms with Crippen LogP contribution in [0.4, 0.5) is 0 Å². The fourth-order valence-corrected chi connectivity index (χ4v) is 2.11. The highest BCUT2D eigenvalue weighted by Crippen LogP contribution is 2.32. The van der Waals surface area contributed by atoms with E-state index in [1.807, 2.05) is 44.2 Å². The molecule has 0 spiro atoms. The lowest BCUT2D eigenvalue weighted by molar-refractivity contribution is 0.0948. The van der Waals surface area contributed by atoms with E-state index in [0.717, 1.165) is 5.56 Å². The van der Waals surface area contributed by atoms with Crippen molar-refractivity contribution in [3.05, 3.63) is 59.2 Å². The molecule has 0 saturated heterocycles. The molecule has 0 aliphatic carbocycles. The van der Waals surface area contributed by atoms with Crippen molar-refractivity contribution in [3.63, 3.8) is 0 Å². The summed E-state index contributed by atoms with van der Waals surface area (Å²) in [4.78, 5) is 12.2. The lowest BCUT2D eigenvalue weighted by atomic mass is 9.98. The predicted octanol–water partition coefficient (Wildman–Crippen LogP) is 3.15. The van der Waals surface area contributed by atoms with Gasteiger partial charge in [0.15, 0.2) is 0 Å². The Balaban J connectivity index is 2.17. The first-order valence-electron chi connectivity index (χ1n) is 6.87. The average molecular weight is 285 g/mol. The van der Waals surface area contributed by atoms with E-state index in [0.29, 0.717) is 12.1 Å². The van der Waals surface area contributed by atoms with Gasteiger partial charge in [0.25, 0.3) is 5.91 Å². The van der Waals surface area contributed by atoms with Gasteiger partial charge in [0.2, 0.25) is 0 Å². The molecular formula is C17H19NO3. The summed E-state index contributed by atoms with van der Waals surface area (Å²) in [7, 11) is 0. The second kappa shape index (κ2) is 6.31. The molecule has 0 radical (unpaired) electrons. The molecule has 0 atom stereocenters. The van der Waals surface area contributed by atoms with Gasteiger partial charge in [0.1, 0.15) is 11.5 Å². The smallest absolute Gasteiger partial charge is 0.255 e. The summed E-state index contributed by atoms with van der Waals surface area (Å²) in [5.41, 5.74) is 1.79. The Morgan fingerprint density at radius 2 is 1.76 bits per heavy atom. The monoisotopic (exact) mass is 285 g/mol. The number of amides is 1. The van der Waals surface area contributed by atoms with Crippen LogP contribution in [0.3, 0.4) is 0 Å². The third-order valence-corrected chi connectivity index (χ3v) is 3.31. The normalized spacial score (nSPS) is 10.6. The van der Waals surface area contributed by atoms with Crippen molar-refractivity contribution in [2.24, 2.45) is 0 Å². The van der Waals surface area contributed by atoms with Gasteiger partial charge < -0.3 is 15.5 Å². The largest absolute Gasteiger partial charge is 0.508 e. The molecule has 2 rings (SSSR count). The van der Waals surface area contributed by atoms with E-state index in [-0.39, 0.29) is 28.9 Å². The van der Waals surface area contributed by atoms with Crippen LogP contribution in [0.1, 0.15) is 41.3 Å². The van der Waals surface area contributed by atoms with Gasteiger partial charge in [0.05, 0.1) is 5.56 Å². The molecule has 0 heterocycles. The first-order chi connectivity index (χ1) is 9.99. The molecule has 2 aromatic carbocycles. The SMILES string of the molecule is CC(C)c1cc(C(=O)NCc2ccccc2)c(O)cc1O. The Kier molecular flexibility index (Phi) is 4.48. The standard InChI is InChI=1S/C17H19NO3/c1-11(2)13-8-14(16(20)9-15(13)19)17(21)18-10-12-6-4-3-5-7-12/h3-9,11,19-20H,10H2,1-2H3,(H,18,21). The molecular weight excluding hydrogens is 266 g/mol. The summed E-state index contributed by atoms with van der Waals surface area (Å²) >= 11 is 0. The summed E-state index contributed by atoms with van der Waals surface area (Å²) in [6.45, 7) is 4.21. The molecule has 0 aromatic heterocycles. The molecule has 1 amide bonds. The van der Waals surface area contributed by atoms with Gasteiger partial charge in [-0.15, -0.1) is 0 Å². The third kappa shape index (κ3) is 3.54. The van der Waals surface area contributed by atoms with Gasteiger partial charge in [0, 0.05) is 12.6 Å². The van der Waals surface area contributed by atoms with Crippen LogP contribution in [0, 0.1) is 0 Å². The quantitative estimate of drug-likeness (QED) is 0.808. The van der Waals surface area contributed by atoms with Gasteiger partial charge in [-0.3, -0.25) is 4.79 Å². The molecule has 2 aromatic rings. The molecule has 0 unspecified atom stereocenters. The van der Waals surface area contributed by atoms with Crippen LogP contribution in [0.25, 0.3) is 0 Å². The van der Waals surface area contributed by atoms with Crippen molar-refractivity contribution in [3.8, 4) is 11.5 Å². The van der Waals surface area contributed by atoms with Crippen LogP contribution >= 0.6 is 0 Å². The van der Waals surface area contributed by atoms with Crippen LogP contribution in [0.15, 0.2) is 42.5 Å². The Morgan fingerprint density at radius 1 is 1.10 bits per heavy atom. The maximum atomic E-state index is 12.2. The van der Waals surface area contributed by atoms with E-state index >= 15 is 0 Å². The van der Waals surface area contributed by atoms with E-state index in [1.165, 1.54) is 12.1 Å². The Labute approximate surface area is 124 Å². The second-order valence-electron chi connectivity index (χ2n) is 5.25. The zero-order valence-electron chi connectivity index (χ0n) is 12.1. The second-order valence-corrected chi connectivity index (χ2v) is 5.25. The molecule has 21 heavy (non-hydrogen) atoms. The fourth-order valence-electron chi connectivity index (χ4n) is 2.11. The van der Waals surface area contributed by atoms with Crippen molar-refractivity contribution in [1.29, 1.82) is 0 Å². The van der Waals surface area contributed by atoms with Gasteiger partial charge >= 0.3 is 0 Å². The molecule has 0 saturated carbocycles. The summed E-state index contributed by atoms with van der Waals surface area (Å²) in [5, 5.41) is 22.4. The third-order valence-electron chi connectivity index (χ3n) is 3.31. The number of carbonyl (C=O) groups is 1. The maximum Gasteiger partial charge on any atom is 0.255 e. The van der Waals surface area contributed by atoms with Gasteiger partial charge in [-0.05, 0) is 23.1 Å². The average Bonchev–Trinajstić information content (AvgIpc) is 2.45. The minimum absolute atomic E-state index is 0.00195. The highest BCUT2D eigenvalue weighted by Gasteiger charge is 2.16. The number of nitrogens with one attached hydrogen (secondary N) is 1. The number of rotatable bonds is 4. The minimum Gasteiger partial charge on any atom is -0.508 e. The van der Waals surface area contributed by atoms with E-state index < -0.39 is 0 Å². The number of aromatic hydroxyl groups is 2. The van der Waals surface area contributed by atoms with Crippen molar-refractivity contribution in [2.75, 3.05) is 0 Å². The Bertz CT molecular complexity index is 636. The molecule has 0 bridgehead atoms. The first-order valence-corrected chi connectivity index (χ1v) is 6.87. The van der Waals surface area contributed by atoms with E-state index in [4.69, 9.17) is 0 Å². The van der Waals surface area contributed by atoms with Crippen LogP contribution in [0.5, 0.6) is 11.5 Å². The highest BCUT2D eigenvalue weighted by atomic mass is 16.3. The number of hydrogen-bond acceptors (Lipinski definition) is 3. The zero-order valence-corrected chi connectivity index (χ0v) is 12.1. The number of hydrogen-bond donors (Lipinski definition) is 3. The predicted molar refractivity (Wildman–Crippen MR) is 81.5 cm³/mol. The van der Waals surface area contributed by atoms with Crippen molar-refractivity contribution < 1.29 is 15.0 Å². The summed E-state index contributed by atoms with van der Waals surface area (Å²) in [5.74, 6) is -0.519. The fraction of sp³-hybridized carbons (Fsp3) is 0.235. The van der Waals surface area contributed by atoms with Crippen LogP contribution in [0.2, 0.25) is 0 Å². The van der Waals surface area contributed by atoms with Crippen LogP contribution in [-0.4, -0.2) is 16.1 Å². The number of benzene rings is 2.